The van der Waals surface area contributed by atoms with E-state index in [1.807, 2.05) is 0 Å². The molecule has 0 saturated carbocycles. The van der Waals surface area contributed by atoms with Crippen molar-refractivity contribution < 1.29 is 25.9 Å². The first-order valence-corrected chi connectivity index (χ1v) is 11.9. The van der Waals surface area contributed by atoms with E-state index in [1.165, 1.54) is 13.0 Å². The number of benzene rings is 2. The van der Waals surface area contributed by atoms with Crippen LogP contribution in [0.3, 0.4) is 0 Å². The topological polar surface area (TPSA) is 197 Å². The minimum Gasteiger partial charge on any atom is -0.399 e. The molecule has 2 aromatic carbocycles. The van der Waals surface area contributed by atoms with Crippen LogP contribution in [0.25, 0.3) is 5.69 Å². The summed E-state index contributed by atoms with van der Waals surface area (Å²) in [6.45, 7) is 1.46. The Kier molecular flexibility index (Phi) is 6.21. The van der Waals surface area contributed by atoms with Crippen molar-refractivity contribution in [3.8, 4) is 5.69 Å². The van der Waals surface area contributed by atoms with Crippen molar-refractivity contribution in [3.63, 3.8) is 0 Å². The maximum absolute atomic E-state index is 12.8. The first-order valence-electron chi connectivity index (χ1n) is 8.27. The summed E-state index contributed by atoms with van der Waals surface area (Å²) in [6.07, 6.45) is 0. The molecule has 0 bridgehead atoms. The SMILES string of the molecule is Cc1[nH]n(-c2cc(Cl)c(S(=O)(=O)O)cc2Cl)c(=O)c1N=Nc1cc(N)ccc1S(=O)(=O)O. The fraction of sp³-hybridized carbons (Fsp3) is 0.0625. The molecule has 12 nitrogen and oxygen atoms in total. The minimum atomic E-state index is -4.65. The normalized spacial score (nSPS) is 12.5. The monoisotopic (exact) mass is 521 g/mol. The van der Waals surface area contributed by atoms with Gasteiger partial charge >= 0.3 is 0 Å². The maximum Gasteiger partial charge on any atom is 0.299 e. The molecule has 32 heavy (non-hydrogen) atoms. The number of nitrogens with one attached hydrogen (secondary N) is 1. The summed E-state index contributed by atoms with van der Waals surface area (Å²) in [6, 6.07) is 5.30. The molecule has 3 rings (SSSR count). The van der Waals surface area contributed by atoms with E-state index in [-0.39, 0.29) is 33.5 Å². The summed E-state index contributed by atoms with van der Waals surface area (Å²) in [5, 5.41) is 9.50. The van der Waals surface area contributed by atoms with E-state index in [0.29, 0.717) is 0 Å². The van der Waals surface area contributed by atoms with Gasteiger partial charge in [-0.25, -0.2) is 4.68 Å². The van der Waals surface area contributed by atoms with Crippen molar-refractivity contribution in [2.24, 2.45) is 10.2 Å². The third kappa shape index (κ3) is 4.69. The van der Waals surface area contributed by atoms with Gasteiger partial charge in [0.1, 0.15) is 15.5 Å². The molecule has 1 aromatic heterocycles. The zero-order chi connectivity index (χ0) is 24.0. The molecule has 3 aromatic rings. The lowest BCUT2D eigenvalue weighted by molar-refractivity contribution is 0.481. The fourth-order valence-electron chi connectivity index (χ4n) is 2.65. The molecule has 0 atom stereocenters. The zero-order valence-electron chi connectivity index (χ0n) is 15.8. The van der Waals surface area contributed by atoms with Crippen LogP contribution in [0.4, 0.5) is 17.1 Å². The van der Waals surface area contributed by atoms with Gasteiger partial charge in [0, 0.05) is 5.69 Å². The van der Waals surface area contributed by atoms with Gasteiger partial charge in [-0.1, -0.05) is 23.2 Å². The van der Waals surface area contributed by atoms with Crippen molar-refractivity contribution in [2.75, 3.05) is 5.73 Å². The summed E-state index contributed by atoms with van der Waals surface area (Å²) < 4.78 is 65.2. The molecule has 5 N–H and O–H groups in total. The van der Waals surface area contributed by atoms with E-state index < -0.39 is 40.6 Å². The van der Waals surface area contributed by atoms with Gasteiger partial charge in [0.05, 0.1) is 21.4 Å². The van der Waals surface area contributed by atoms with Crippen LogP contribution >= 0.6 is 23.2 Å². The van der Waals surface area contributed by atoms with Gasteiger partial charge in [-0.05, 0) is 37.3 Å². The van der Waals surface area contributed by atoms with Crippen LogP contribution in [0.2, 0.25) is 10.0 Å². The van der Waals surface area contributed by atoms with Crippen molar-refractivity contribution in [2.45, 2.75) is 16.7 Å². The van der Waals surface area contributed by atoms with Gasteiger partial charge in [0.15, 0.2) is 5.69 Å². The van der Waals surface area contributed by atoms with Crippen molar-refractivity contribution >= 4 is 60.5 Å². The van der Waals surface area contributed by atoms with Gasteiger partial charge in [-0.15, -0.1) is 10.2 Å². The highest BCUT2D eigenvalue weighted by atomic mass is 35.5. The number of hydrogen-bond donors (Lipinski definition) is 4. The molecule has 0 amide bonds. The van der Waals surface area contributed by atoms with Crippen molar-refractivity contribution in [3.05, 3.63) is 56.4 Å². The number of aromatic nitrogens is 2. The molecular formula is C16H13Cl2N5O7S2. The number of azo groups is 1. The quantitative estimate of drug-likeness (QED) is 0.222. The highest BCUT2D eigenvalue weighted by Crippen LogP contribution is 2.32. The molecule has 0 aliphatic heterocycles. The largest absolute Gasteiger partial charge is 0.399 e. The van der Waals surface area contributed by atoms with Gasteiger partial charge in [-0.3, -0.25) is 19.0 Å². The van der Waals surface area contributed by atoms with Crippen LogP contribution in [0.15, 0.2) is 55.1 Å². The first-order chi connectivity index (χ1) is 14.7. The Bertz CT molecular complexity index is 1540. The van der Waals surface area contributed by atoms with E-state index >= 15 is 0 Å². The van der Waals surface area contributed by atoms with E-state index in [2.05, 4.69) is 15.3 Å². The summed E-state index contributed by atoms with van der Waals surface area (Å²) in [5.41, 5.74) is 4.53. The standard InChI is InChI=1S/C16H13Cl2N5O7S2/c1-7-15(21-20-11-4-8(19)2-3-13(11)31(25,26)27)16(24)23(22-7)12-5-10(18)14(6-9(12)17)32(28,29)30/h2-6,22H,19H2,1H3,(H,25,26,27)(H,28,29,30). The molecular weight excluding hydrogens is 509 g/mol. The Hall–Kier alpha value is -2.75. The molecule has 0 saturated heterocycles. The Balaban J connectivity index is 2.13. The third-order valence-corrected chi connectivity index (χ3v) is 6.60. The van der Waals surface area contributed by atoms with Crippen LogP contribution in [-0.4, -0.2) is 35.7 Å². The third-order valence-electron chi connectivity index (χ3n) is 4.08. The number of nitrogen functional groups attached to an aromatic ring is 1. The summed E-state index contributed by atoms with van der Waals surface area (Å²) in [4.78, 5) is 11.6. The number of aromatic amines is 1. The predicted molar refractivity (Wildman–Crippen MR) is 116 cm³/mol. The molecule has 0 spiro atoms. The highest BCUT2D eigenvalue weighted by molar-refractivity contribution is 7.86. The Morgan fingerprint density at radius 3 is 2.19 bits per heavy atom. The predicted octanol–water partition coefficient (Wildman–Crippen LogP) is 3.27. The van der Waals surface area contributed by atoms with Gasteiger partial charge < -0.3 is 5.73 Å². The second-order valence-electron chi connectivity index (χ2n) is 6.34. The first kappa shape index (κ1) is 23.9. The van der Waals surface area contributed by atoms with Crippen LogP contribution < -0.4 is 11.3 Å². The Morgan fingerprint density at radius 1 is 0.969 bits per heavy atom. The number of halogens is 2. The lowest BCUT2D eigenvalue weighted by Crippen LogP contribution is -2.15. The average molecular weight is 522 g/mol. The smallest absolute Gasteiger partial charge is 0.299 e. The van der Waals surface area contributed by atoms with Gasteiger partial charge in [0.25, 0.3) is 25.8 Å². The Morgan fingerprint density at radius 2 is 1.59 bits per heavy atom. The number of aryl methyl sites for hydroxylation is 1. The number of hydrogen-bond acceptors (Lipinski definition) is 8. The second kappa shape index (κ2) is 8.31. The summed E-state index contributed by atoms with van der Waals surface area (Å²) in [7, 11) is -9.30. The minimum absolute atomic E-state index is 0.0544. The molecule has 0 aliphatic carbocycles. The number of anilines is 1. The van der Waals surface area contributed by atoms with Crippen LogP contribution in [0.5, 0.6) is 0 Å². The average Bonchev–Trinajstić information content (AvgIpc) is 2.93. The van der Waals surface area contributed by atoms with Crippen LogP contribution in [0.1, 0.15) is 5.69 Å². The Labute approximate surface area is 190 Å². The van der Waals surface area contributed by atoms with E-state index in [1.54, 1.807) is 0 Å². The molecule has 0 unspecified atom stereocenters. The van der Waals surface area contributed by atoms with E-state index in [0.717, 1.165) is 28.9 Å². The maximum atomic E-state index is 12.8. The van der Waals surface area contributed by atoms with Crippen molar-refractivity contribution in [1.29, 1.82) is 0 Å². The number of nitrogens with zero attached hydrogens (tertiary/aromatic N) is 3. The van der Waals surface area contributed by atoms with Crippen molar-refractivity contribution in [1.82, 2.24) is 9.78 Å². The summed E-state index contributed by atoms with van der Waals surface area (Å²) >= 11 is 12.0. The molecule has 0 aliphatic rings. The molecule has 170 valence electrons. The van der Waals surface area contributed by atoms with Gasteiger partial charge in [0.2, 0.25) is 0 Å². The van der Waals surface area contributed by atoms with Crippen LogP contribution in [0, 0.1) is 6.92 Å². The highest BCUT2D eigenvalue weighted by Gasteiger charge is 2.21. The zero-order valence-corrected chi connectivity index (χ0v) is 19.0. The van der Waals surface area contributed by atoms with Gasteiger partial charge in [-0.2, -0.15) is 16.8 Å². The molecule has 1 heterocycles. The lowest BCUT2D eigenvalue weighted by Gasteiger charge is -2.08. The van der Waals surface area contributed by atoms with E-state index in [4.69, 9.17) is 28.9 Å². The molecule has 16 heteroatoms. The van der Waals surface area contributed by atoms with E-state index in [9.17, 15) is 30.7 Å². The number of rotatable bonds is 5. The van der Waals surface area contributed by atoms with Crippen LogP contribution in [-0.2, 0) is 20.2 Å². The fourth-order valence-corrected chi connectivity index (χ4v) is 4.59. The lowest BCUT2D eigenvalue weighted by atomic mass is 10.3. The summed E-state index contributed by atoms with van der Waals surface area (Å²) in [5.74, 6) is 0. The molecule has 0 radical (unpaired) electrons. The number of nitrogens with two attached hydrogens (primary N) is 1. The second-order valence-corrected chi connectivity index (χ2v) is 9.93. The molecule has 0 fully saturated rings. The number of H-pyrrole nitrogens is 1.